The summed E-state index contributed by atoms with van der Waals surface area (Å²) in [6, 6.07) is 6.28. The minimum absolute atomic E-state index is 0.0518. The number of hydrogen-bond donors (Lipinski definition) is 6. The molecule has 0 spiro atoms. The smallest absolute Gasteiger partial charge is 0.247 e. The van der Waals surface area contributed by atoms with Gasteiger partial charge in [-0.1, -0.05) is 116 Å². The molecule has 1 unspecified atom stereocenters. The Labute approximate surface area is 525 Å². The first-order valence-electron chi connectivity index (χ1n) is 33.0. The van der Waals surface area contributed by atoms with Crippen molar-refractivity contribution in [2.45, 2.75) is 231 Å². The second-order valence-corrected chi connectivity index (χ2v) is 28.0. The molecule has 6 saturated heterocycles. The second-order valence-electron chi connectivity index (χ2n) is 28.0. The second kappa shape index (κ2) is 28.2. The topological polar surface area (TPSA) is 259 Å². The first-order chi connectivity index (χ1) is 42.4. The van der Waals surface area contributed by atoms with Crippen LogP contribution in [0, 0.1) is 23.7 Å². The highest BCUT2D eigenvalue weighted by Crippen LogP contribution is 2.54. The van der Waals surface area contributed by atoms with Crippen LogP contribution in [0.1, 0.15) is 164 Å². The quantitative estimate of drug-likeness (QED) is 0.162. The van der Waals surface area contributed by atoms with Crippen LogP contribution < -0.4 is 31.9 Å². The van der Waals surface area contributed by atoms with Crippen LogP contribution in [-0.4, -0.2) is 176 Å². The van der Waals surface area contributed by atoms with E-state index in [2.05, 4.69) is 38.0 Å². The van der Waals surface area contributed by atoms with Gasteiger partial charge in [0.05, 0.1) is 0 Å². The summed E-state index contributed by atoms with van der Waals surface area (Å²) in [5, 5.41) is 18.8. The molecule has 484 valence electrons. The molecule has 0 aliphatic carbocycles. The average Bonchev–Trinajstić information content (AvgIpc) is 2.10. The van der Waals surface area contributed by atoms with E-state index in [9.17, 15) is 24.0 Å². The molecule has 21 heteroatoms. The van der Waals surface area contributed by atoms with Crippen LogP contribution in [-0.2, 0) is 59.8 Å². The summed E-state index contributed by atoms with van der Waals surface area (Å²) < 4.78 is 0. The SMILES string of the molecule is CC(C)=CC[C@@]12C[C@H]3C(=O)N[C@@H](CC(C)C)C(=O)N[C@@H](Cc4ccccc4)C(=O)N4CCCC4C(=O)N[C@@H](CC(C)C)C(=O)N4CCC[C@H]4C(=O)N[C@@H](CC(C)C)C(=O)N4CCC[C@H]4C(=O)N[C@@H](C(C)C)C(=O)N4CCC[C@H]4C(=O)N3[C@@H]1Nc1ccccc12. The zero-order chi connectivity index (χ0) is 64.2. The number of anilines is 1. The Morgan fingerprint density at radius 1 is 0.472 bits per heavy atom. The van der Waals surface area contributed by atoms with Crippen LogP contribution in [0.15, 0.2) is 66.2 Å². The number of nitrogens with one attached hydrogen (secondary N) is 6. The lowest BCUT2D eigenvalue weighted by Crippen LogP contribution is -2.62. The number of carbonyl (C=O) groups is 10. The maximum absolute atomic E-state index is 16.0. The third-order valence-corrected chi connectivity index (χ3v) is 19.3. The number of benzene rings is 2. The van der Waals surface area contributed by atoms with Crippen LogP contribution in [0.2, 0.25) is 0 Å². The van der Waals surface area contributed by atoms with E-state index in [4.69, 9.17) is 0 Å². The zero-order valence-corrected chi connectivity index (χ0v) is 54.0. The van der Waals surface area contributed by atoms with E-state index in [-0.39, 0.29) is 88.9 Å². The van der Waals surface area contributed by atoms with Gasteiger partial charge in [-0.2, -0.15) is 0 Å². The summed E-state index contributed by atoms with van der Waals surface area (Å²) in [7, 11) is 0. The summed E-state index contributed by atoms with van der Waals surface area (Å²) in [5.74, 6) is -5.89. The number of carbonyl (C=O) groups excluding carboxylic acids is 10. The molecule has 10 amide bonds. The minimum atomic E-state index is -1.20. The lowest BCUT2D eigenvalue weighted by molar-refractivity contribution is -0.150. The van der Waals surface area contributed by atoms with E-state index >= 15 is 24.0 Å². The van der Waals surface area contributed by atoms with Crippen LogP contribution in [0.5, 0.6) is 0 Å². The Balaban J connectivity index is 1.11. The van der Waals surface area contributed by atoms with E-state index in [1.54, 1.807) is 4.90 Å². The molecule has 12 atom stereocenters. The van der Waals surface area contributed by atoms with Gasteiger partial charge in [-0.15, -0.1) is 0 Å². The lowest BCUT2D eigenvalue weighted by atomic mass is 9.75. The molecule has 0 bridgehead atoms. The normalized spacial score (nSPS) is 30.3. The standard InChI is InChI=1S/C68H97N11O10/c1-39(2)28-29-68-38-55-61(84)69-47(34-40(3)4)57(80)70-50(37-44-20-12-11-13-21-44)64(87)76-31-17-25-52(76)59(82)71-48(35-41(5)6)62(85)75-30-16-24-51(75)58(81)72-49(36-42(7)8)63(86)77-32-18-26-53(77)60(83)74-56(43(9)10)66(89)78-33-19-27-54(78)65(88)79(55)67(68)73-46-23-15-14-22-45(46)68/h11-15,20-23,28,40-43,47-56,67,73H,16-19,24-27,29-38H2,1-10H3,(H,69,84)(H,70,80)(H,71,82)(H,72,81)(H,74,83)/t47-,48-,49-,50-,51-,52?,53-,54-,55-,56-,67-,68-/m0/s1. The van der Waals surface area contributed by atoms with Crippen molar-refractivity contribution in [1.29, 1.82) is 0 Å². The van der Waals surface area contributed by atoms with Crippen molar-refractivity contribution in [3.63, 3.8) is 0 Å². The molecule has 0 saturated carbocycles. The van der Waals surface area contributed by atoms with Gasteiger partial charge in [-0.05, 0) is 138 Å². The lowest BCUT2D eigenvalue weighted by Gasteiger charge is -2.38. The van der Waals surface area contributed by atoms with Gasteiger partial charge in [0.25, 0.3) is 0 Å². The number of nitrogens with zero attached hydrogens (tertiary/aromatic N) is 5. The molecule has 2 aromatic carbocycles. The highest BCUT2D eigenvalue weighted by atomic mass is 16.2. The maximum Gasteiger partial charge on any atom is 0.247 e. The molecule has 6 fully saturated rings. The van der Waals surface area contributed by atoms with Gasteiger partial charge < -0.3 is 56.4 Å². The molecule has 0 radical (unpaired) electrons. The summed E-state index contributed by atoms with van der Waals surface area (Å²) in [4.78, 5) is 159. The fraction of sp³-hybridized carbons (Fsp3) is 0.647. The first kappa shape index (κ1) is 66.1. The van der Waals surface area contributed by atoms with Gasteiger partial charge in [0, 0.05) is 43.7 Å². The molecule has 2 aromatic rings. The van der Waals surface area contributed by atoms with Crippen LogP contribution >= 0.6 is 0 Å². The molecule has 7 aliphatic rings. The number of fused-ring (bicyclic) bond motifs is 9. The molecule has 0 aromatic heterocycles. The molecule has 21 nitrogen and oxygen atoms in total. The zero-order valence-electron chi connectivity index (χ0n) is 54.0. The van der Waals surface area contributed by atoms with E-state index in [1.165, 1.54) is 19.6 Å². The molecule has 7 heterocycles. The molecular formula is C68H97N11O10. The predicted molar refractivity (Wildman–Crippen MR) is 337 cm³/mol. The van der Waals surface area contributed by atoms with Gasteiger partial charge in [0.2, 0.25) is 59.1 Å². The Morgan fingerprint density at radius 2 is 0.899 bits per heavy atom. The van der Waals surface area contributed by atoms with Gasteiger partial charge in [0.15, 0.2) is 0 Å². The summed E-state index contributed by atoms with van der Waals surface area (Å²) in [6.07, 6.45) is 5.77. The highest BCUT2D eigenvalue weighted by Gasteiger charge is 2.62. The van der Waals surface area contributed by atoms with Crippen molar-refractivity contribution in [1.82, 2.24) is 51.1 Å². The maximum atomic E-state index is 16.0. The Kier molecular flexibility index (Phi) is 21.0. The van der Waals surface area contributed by atoms with Crippen LogP contribution in [0.4, 0.5) is 5.69 Å². The number of hydrogen-bond acceptors (Lipinski definition) is 11. The summed E-state index contributed by atoms with van der Waals surface area (Å²) in [5.41, 5.74) is 2.69. The van der Waals surface area contributed by atoms with E-state index < -0.39 is 137 Å². The molecular weight excluding hydrogens is 1130 g/mol. The number of allylic oxidation sites excluding steroid dienone is 2. The number of amides is 10. The van der Waals surface area contributed by atoms with Crippen LogP contribution in [0.25, 0.3) is 0 Å². The molecule has 89 heavy (non-hydrogen) atoms. The van der Waals surface area contributed by atoms with Gasteiger partial charge in [-0.3, -0.25) is 47.9 Å². The van der Waals surface area contributed by atoms with E-state index in [0.717, 1.165) is 22.4 Å². The van der Waals surface area contributed by atoms with Crippen molar-refractivity contribution in [2.75, 3.05) is 31.5 Å². The predicted octanol–water partition coefficient (Wildman–Crippen LogP) is 5.07. The number of rotatable bonds is 11. The number of para-hydroxylation sites is 1. The Bertz CT molecular complexity index is 3020. The van der Waals surface area contributed by atoms with Crippen molar-refractivity contribution in [3.05, 3.63) is 77.4 Å². The summed E-state index contributed by atoms with van der Waals surface area (Å²) in [6.45, 7) is 20.1. The highest BCUT2D eigenvalue weighted by molar-refractivity contribution is 6.01. The third kappa shape index (κ3) is 14.3. The van der Waals surface area contributed by atoms with E-state index in [1.807, 2.05) is 124 Å². The molecule has 7 aliphatic heterocycles. The Morgan fingerprint density at radius 3 is 1.40 bits per heavy atom. The van der Waals surface area contributed by atoms with Gasteiger partial charge >= 0.3 is 0 Å². The first-order valence-corrected chi connectivity index (χ1v) is 33.0. The van der Waals surface area contributed by atoms with Crippen molar-refractivity contribution in [3.8, 4) is 0 Å². The fourth-order valence-corrected chi connectivity index (χ4v) is 15.0. The van der Waals surface area contributed by atoms with Crippen LogP contribution in [0.3, 0.4) is 0 Å². The van der Waals surface area contributed by atoms with Crippen molar-refractivity contribution < 1.29 is 47.9 Å². The van der Waals surface area contributed by atoms with Crippen molar-refractivity contribution >= 4 is 64.8 Å². The summed E-state index contributed by atoms with van der Waals surface area (Å²) >= 11 is 0. The monoisotopic (exact) mass is 1230 g/mol. The largest absolute Gasteiger partial charge is 0.364 e. The fourth-order valence-electron chi connectivity index (χ4n) is 15.0. The molecule has 6 N–H and O–H groups in total. The van der Waals surface area contributed by atoms with Gasteiger partial charge in [0.1, 0.15) is 66.6 Å². The van der Waals surface area contributed by atoms with E-state index in [0.29, 0.717) is 44.9 Å². The van der Waals surface area contributed by atoms with Gasteiger partial charge in [-0.25, -0.2) is 0 Å². The molecule has 9 rings (SSSR count). The minimum Gasteiger partial charge on any atom is -0.364 e. The van der Waals surface area contributed by atoms with Crippen molar-refractivity contribution in [2.24, 2.45) is 23.7 Å². The average molecular weight is 1230 g/mol. The Hall–Kier alpha value is -7.32. The third-order valence-electron chi connectivity index (χ3n) is 19.3.